The molecule has 0 spiro atoms. The van der Waals surface area contributed by atoms with Gasteiger partial charge in [-0.25, -0.2) is 4.79 Å². The maximum absolute atomic E-state index is 13.4. The second-order valence-corrected chi connectivity index (χ2v) is 8.59. The molecule has 150 valence electrons. The third kappa shape index (κ3) is 5.05. The summed E-state index contributed by atoms with van der Waals surface area (Å²) in [7, 11) is -2.59. The molecule has 0 aliphatic carbocycles. The molecule has 3 aromatic rings. The summed E-state index contributed by atoms with van der Waals surface area (Å²) in [5.41, 5.74) is 1.20. The highest BCUT2D eigenvalue weighted by molar-refractivity contribution is 7.66. The third-order valence-corrected chi connectivity index (χ3v) is 6.52. The minimum absolute atomic E-state index is 0.0480. The lowest BCUT2D eigenvalue weighted by molar-refractivity contribution is 0.138. The number of carbonyl (C=O) groups is 1. The Kier molecular flexibility index (Phi) is 6.70. The van der Waals surface area contributed by atoms with Crippen LogP contribution in [0.5, 0.6) is 5.75 Å². The Morgan fingerprint density at radius 2 is 1.55 bits per heavy atom. The Bertz CT molecular complexity index is 994. The Morgan fingerprint density at radius 3 is 2.21 bits per heavy atom. The first kappa shape index (κ1) is 20.6. The van der Waals surface area contributed by atoms with Crippen LogP contribution in [0.1, 0.15) is 16.9 Å². The van der Waals surface area contributed by atoms with Gasteiger partial charge in [-0.2, -0.15) is 0 Å². The minimum Gasteiger partial charge on any atom is -0.496 e. The second kappa shape index (κ2) is 9.41. The summed E-state index contributed by atoms with van der Waals surface area (Å²) >= 11 is 0. The molecule has 0 bridgehead atoms. The number of hydrogen-bond acceptors (Lipinski definition) is 4. The van der Waals surface area contributed by atoms with Crippen LogP contribution < -0.4 is 15.4 Å². The van der Waals surface area contributed by atoms with Gasteiger partial charge in [0, 0.05) is 10.9 Å². The van der Waals surface area contributed by atoms with Crippen LogP contribution in [0, 0.1) is 0 Å². The van der Waals surface area contributed by atoms with Gasteiger partial charge in [0.05, 0.1) is 7.11 Å². The second-order valence-electron chi connectivity index (χ2n) is 6.31. The zero-order chi connectivity index (χ0) is 20.7. The van der Waals surface area contributed by atoms with Crippen LogP contribution in [0.2, 0.25) is 0 Å². The molecule has 0 aliphatic rings. The van der Waals surface area contributed by atoms with E-state index in [1.807, 2.05) is 30.3 Å². The van der Waals surface area contributed by atoms with Gasteiger partial charge in [0.15, 0.2) is 0 Å². The van der Waals surface area contributed by atoms with Gasteiger partial charge in [-0.1, -0.05) is 66.7 Å². The van der Waals surface area contributed by atoms with E-state index in [0.717, 1.165) is 5.56 Å². The van der Waals surface area contributed by atoms with E-state index in [1.165, 1.54) is 7.11 Å². The van der Waals surface area contributed by atoms with Crippen molar-refractivity contribution in [2.24, 2.45) is 0 Å². The summed E-state index contributed by atoms with van der Waals surface area (Å²) in [5, 5.41) is 2.78. The monoisotopic (exact) mass is 411 g/mol. The smallest absolute Gasteiger partial charge is 0.408 e. The van der Waals surface area contributed by atoms with E-state index in [-0.39, 0.29) is 11.9 Å². The number of amides is 1. The summed E-state index contributed by atoms with van der Waals surface area (Å²) < 4.78 is 24.0. The van der Waals surface area contributed by atoms with E-state index >= 15 is 0 Å². The zero-order valence-corrected chi connectivity index (χ0v) is 16.8. The molecule has 2 unspecified atom stereocenters. The van der Waals surface area contributed by atoms with Gasteiger partial charge in [0.25, 0.3) is 7.37 Å². The number of nitrogens with one attached hydrogen (secondary N) is 1. The molecule has 0 saturated carbocycles. The van der Waals surface area contributed by atoms with Crippen molar-refractivity contribution in [3.8, 4) is 5.75 Å². The van der Waals surface area contributed by atoms with Crippen LogP contribution in [0.25, 0.3) is 0 Å². The SMILES string of the molecule is COc1ccccc1C(NC(=O)OCc1ccccc1)P(=O)(O)c1ccccc1. The van der Waals surface area contributed by atoms with Gasteiger partial charge in [-0.15, -0.1) is 0 Å². The zero-order valence-electron chi connectivity index (χ0n) is 15.9. The number of hydrogen-bond donors (Lipinski definition) is 2. The van der Waals surface area contributed by atoms with E-state index in [9.17, 15) is 14.3 Å². The molecule has 6 nitrogen and oxygen atoms in total. The van der Waals surface area contributed by atoms with Crippen LogP contribution >= 0.6 is 7.37 Å². The summed E-state index contributed by atoms with van der Waals surface area (Å²) in [6, 6.07) is 24.2. The molecule has 0 fully saturated rings. The molecule has 0 heterocycles. The topological polar surface area (TPSA) is 84.9 Å². The number of para-hydroxylation sites is 1. The normalized spacial score (nSPS) is 13.7. The first-order valence-electron chi connectivity index (χ1n) is 9.00. The highest BCUT2D eigenvalue weighted by atomic mass is 31.2. The Balaban J connectivity index is 1.89. The van der Waals surface area contributed by atoms with Gasteiger partial charge in [-0.05, 0) is 23.8 Å². The number of rotatable bonds is 7. The first-order valence-corrected chi connectivity index (χ1v) is 10.7. The van der Waals surface area contributed by atoms with Gasteiger partial charge < -0.3 is 19.7 Å². The molecular formula is C22H22NO5P. The van der Waals surface area contributed by atoms with Crippen LogP contribution in [0.4, 0.5) is 4.79 Å². The molecule has 0 saturated heterocycles. The number of alkyl carbamates (subject to hydrolysis) is 1. The molecule has 2 N–H and O–H groups in total. The molecule has 3 aromatic carbocycles. The Morgan fingerprint density at radius 1 is 0.966 bits per heavy atom. The van der Waals surface area contributed by atoms with Crippen molar-refractivity contribution in [2.45, 2.75) is 12.4 Å². The lowest BCUT2D eigenvalue weighted by Gasteiger charge is -2.26. The van der Waals surface area contributed by atoms with Crippen molar-refractivity contribution in [3.05, 3.63) is 96.1 Å². The fraction of sp³-hybridized carbons (Fsp3) is 0.136. The van der Waals surface area contributed by atoms with Crippen LogP contribution in [0.15, 0.2) is 84.9 Å². The van der Waals surface area contributed by atoms with Crippen molar-refractivity contribution >= 4 is 18.8 Å². The molecule has 3 rings (SSSR count). The Hall–Kier alpha value is -3.08. The highest BCUT2D eigenvalue weighted by Crippen LogP contribution is 2.54. The average Bonchev–Trinajstić information content (AvgIpc) is 2.77. The quantitative estimate of drug-likeness (QED) is 0.569. The van der Waals surface area contributed by atoms with E-state index in [0.29, 0.717) is 11.3 Å². The van der Waals surface area contributed by atoms with E-state index < -0.39 is 19.2 Å². The lowest BCUT2D eigenvalue weighted by Crippen LogP contribution is -2.31. The summed E-state index contributed by atoms with van der Waals surface area (Å²) in [5.74, 6) is -0.838. The highest BCUT2D eigenvalue weighted by Gasteiger charge is 2.37. The van der Waals surface area contributed by atoms with E-state index in [1.54, 1.807) is 54.6 Å². The van der Waals surface area contributed by atoms with Gasteiger partial charge in [-0.3, -0.25) is 4.57 Å². The van der Waals surface area contributed by atoms with Crippen LogP contribution in [0.3, 0.4) is 0 Å². The Labute approximate surface area is 169 Å². The van der Waals surface area contributed by atoms with Crippen molar-refractivity contribution in [1.29, 1.82) is 0 Å². The van der Waals surface area contributed by atoms with E-state index in [2.05, 4.69) is 5.32 Å². The van der Waals surface area contributed by atoms with Crippen LogP contribution in [-0.2, 0) is 15.9 Å². The largest absolute Gasteiger partial charge is 0.496 e. The number of carbonyl (C=O) groups excluding carboxylic acids is 1. The van der Waals surface area contributed by atoms with Crippen LogP contribution in [-0.4, -0.2) is 18.1 Å². The maximum Gasteiger partial charge on any atom is 0.408 e. The lowest BCUT2D eigenvalue weighted by atomic mass is 10.2. The fourth-order valence-corrected chi connectivity index (χ4v) is 4.68. The summed E-state index contributed by atoms with van der Waals surface area (Å²) in [6.45, 7) is 0.0480. The van der Waals surface area contributed by atoms with Crippen molar-refractivity contribution in [2.75, 3.05) is 7.11 Å². The molecule has 2 atom stereocenters. The predicted molar refractivity (Wildman–Crippen MR) is 111 cm³/mol. The summed E-state index contributed by atoms with van der Waals surface area (Å²) in [4.78, 5) is 23.5. The molecule has 7 heteroatoms. The molecule has 29 heavy (non-hydrogen) atoms. The third-order valence-electron chi connectivity index (χ3n) is 4.38. The molecule has 0 aromatic heterocycles. The molecule has 0 radical (unpaired) electrons. The minimum atomic E-state index is -4.06. The molecule has 1 amide bonds. The number of methoxy groups -OCH3 is 1. The van der Waals surface area contributed by atoms with Gasteiger partial charge >= 0.3 is 6.09 Å². The molecule has 0 aliphatic heterocycles. The number of ether oxygens (including phenoxy) is 2. The number of benzene rings is 3. The average molecular weight is 411 g/mol. The summed E-state index contributed by atoms with van der Waals surface area (Å²) in [6.07, 6.45) is -0.796. The van der Waals surface area contributed by atoms with Gasteiger partial charge in [0.1, 0.15) is 18.1 Å². The predicted octanol–water partition coefficient (Wildman–Crippen LogP) is 4.22. The standard InChI is InChI=1S/C22H22NO5P/c1-27-20-15-9-8-14-19(20)21(29(25,26)18-12-6-3-7-13-18)23-22(24)28-16-17-10-4-2-5-11-17/h2-15,21H,16H2,1H3,(H,23,24)(H,25,26). The molecular weight excluding hydrogens is 389 g/mol. The maximum atomic E-state index is 13.4. The van der Waals surface area contributed by atoms with Gasteiger partial charge in [0.2, 0.25) is 0 Å². The van der Waals surface area contributed by atoms with Crippen molar-refractivity contribution in [3.63, 3.8) is 0 Å². The van der Waals surface area contributed by atoms with E-state index in [4.69, 9.17) is 9.47 Å². The first-order chi connectivity index (χ1) is 14.0. The van der Waals surface area contributed by atoms with Crippen molar-refractivity contribution in [1.82, 2.24) is 5.32 Å². The fourth-order valence-electron chi connectivity index (χ4n) is 2.91. The van der Waals surface area contributed by atoms with Crippen molar-refractivity contribution < 1.29 is 23.7 Å².